The zero-order valence-corrected chi connectivity index (χ0v) is 49.0. The van der Waals surface area contributed by atoms with E-state index >= 15 is 0 Å². The summed E-state index contributed by atoms with van der Waals surface area (Å²) in [6, 6.07) is 0.171. The Hall–Kier alpha value is -2.41. The maximum Gasteiger partial charge on any atom is 0.177 e. The van der Waals surface area contributed by atoms with Gasteiger partial charge in [-0.15, -0.1) is 0 Å². The van der Waals surface area contributed by atoms with Crippen LogP contribution >= 0.6 is 0 Å². The van der Waals surface area contributed by atoms with Crippen LogP contribution < -0.4 is 26.6 Å². The van der Waals surface area contributed by atoms with Crippen molar-refractivity contribution < 1.29 is 90.7 Å². The minimum absolute atomic E-state index is 0.0123. The van der Waals surface area contributed by atoms with Crippen molar-refractivity contribution in [3.8, 4) is 0 Å². The van der Waals surface area contributed by atoms with Gasteiger partial charge in [0, 0.05) is 55.2 Å². The van der Waals surface area contributed by atoms with E-state index in [2.05, 4.69) is 31.6 Å². The monoisotopic (exact) mass is 1130 g/mol. The molecule has 0 heterocycles. The molecule has 464 valence electrons. The van der Waals surface area contributed by atoms with Gasteiger partial charge < -0.3 is 98.1 Å². The van der Waals surface area contributed by atoms with Gasteiger partial charge in [0.2, 0.25) is 0 Å². The molecule has 19 N–H and O–H groups in total. The number of aliphatic hydroxyl groups is 14. The smallest absolute Gasteiger partial charge is 0.177 e. The maximum absolute atomic E-state index is 12.2. The Morgan fingerprint density at radius 2 is 0.756 bits per heavy atom. The number of hydrogen-bond acceptors (Lipinski definition) is 24. The van der Waals surface area contributed by atoms with Crippen LogP contribution in [0.5, 0.6) is 0 Å². The first-order valence-corrected chi connectivity index (χ1v) is 28.0. The number of nitrogens with one attached hydrogen (secondary N) is 5. The van der Waals surface area contributed by atoms with Crippen LogP contribution in [-0.2, 0) is 19.2 Å². The van der Waals surface area contributed by atoms with Crippen molar-refractivity contribution in [2.24, 2.45) is 22.7 Å². The second kappa shape index (κ2) is 46.1. The lowest BCUT2D eigenvalue weighted by Crippen LogP contribution is -2.49. The van der Waals surface area contributed by atoms with E-state index in [1.165, 1.54) is 0 Å². The van der Waals surface area contributed by atoms with E-state index in [4.69, 9.17) is 15.3 Å². The number of hydrogen-bond donors (Lipinski definition) is 19. The molecule has 0 rings (SSSR count). The van der Waals surface area contributed by atoms with Gasteiger partial charge >= 0.3 is 0 Å². The first-order valence-electron chi connectivity index (χ1n) is 28.0. The van der Waals surface area contributed by atoms with E-state index in [-0.39, 0.29) is 84.4 Å². The number of ketones is 4. The van der Waals surface area contributed by atoms with Gasteiger partial charge in [-0.3, -0.25) is 24.2 Å². The molecular weight excluding hydrogens is 1020 g/mol. The van der Waals surface area contributed by atoms with Gasteiger partial charge in [-0.25, -0.2) is 0 Å². The van der Waals surface area contributed by atoms with Crippen molar-refractivity contribution in [2.75, 3.05) is 52.5 Å². The van der Waals surface area contributed by atoms with Crippen LogP contribution in [-0.4, -0.2) is 257 Å². The molecular formula is C54H110N6O18. The minimum Gasteiger partial charge on any atom is -0.394 e. The molecule has 24 nitrogen and oxygen atoms in total. The third-order valence-electron chi connectivity index (χ3n) is 12.3. The summed E-state index contributed by atoms with van der Waals surface area (Å²) in [6.45, 7) is 22.6. The van der Waals surface area contributed by atoms with Crippen molar-refractivity contribution in [1.29, 1.82) is 0 Å². The van der Waals surface area contributed by atoms with Gasteiger partial charge in [0.15, 0.2) is 23.1 Å². The molecule has 0 amide bonds. The molecule has 0 saturated heterocycles. The van der Waals surface area contributed by atoms with Crippen LogP contribution in [0.3, 0.4) is 0 Å². The molecule has 0 fully saturated rings. The van der Waals surface area contributed by atoms with Crippen LogP contribution in [0.15, 0.2) is 4.99 Å². The van der Waals surface area contributed by atoms with Crippen LogP contribution in [0.4, 0.5) is 0 Å². The van der Waals surface area contributed by atoms with Gasteiger partial charge in [0.05, 0.1) is 50.6 Å². The number of carbonyl (C=O) groups is 4. The summed E-state index contributed by atoms with van der Waals surface area (Å²) in [6.07, 6.45) is -9.23. The van der Waals surface area contributed by atoms with Crippen LogP contribution in [0.1, 0.15) is 141 Å². The molecule has 11 unspecified atom stereocenters. The average Bonchev–Trinajstić information content (AvgIpc) is 3.39. The largest absolute Gasteiger partial charge is 0.394 e. The first kappa shape index (κ1) is 79.8. The molecule has 0 aliphatic rings. The Balaban J connectivity index is -0.00000108. The van der Waals surface area contributed by atoms with Gasteiger partial charge in [0.1, 0.15) is 61.0 Å². The fourth-order valence-corrected chi connectivity index (χ4v) is 7.65. The quantitative estimate of drug-likeness (QED) is 0.0214. The average molecular weight is 1130 g/mol. The van der Waals surface area contributed by atoms with E-state index < -0.39 is 92.7 Å². The summed E-state index contributed by atoms with van der Waals surface area (Å²) in [4.78, 5) is 52.3. The zero-order valence-electron chi connectivity index (χ0n) is 49.0. The zero-order chi connectivity index (χ0) is 60.8. The normalized spacial score (nSPS) is 17.6. The van der Waals surface area contributed by atoms with Crippen LogP contribution in [0.25, 0.3) is 0 Å². The Bertz CT molecular complexity index is 1570. The first-order chi connectivity index (χ1) is 36.3. The summed E-state index contributed by atoms with van der Waals surface area (Å²) < 4.78 is 0. The summed E-state index contributed by atoms with van der Waals surface area (Å²) in [5.74, 6) is -0.118. The summed E-state index contributed by atoms with van der Waals surface area (Å²) in [5.41, 5.74) is 0. The fraction of sp³-hybridized carbons (Fsp3) is 0.907. The van der Waals surface area contributed by atoms with Gasteiger partial charge in [-0.1, -0.05) is 95.9 Å². The number of aliphatic hydroxyl groups excluding tert-OH is 14. The predicted octanol–water partition coefficient (Wildman–Crippen LogP) is -2.99. The van der Waals surface area contributed by atoms with E-state index in [0.717, 1.165) is 51.2 Å². The Labute approximate surface area is 465 Å². The van der Waals surface area contributed by atoms with E-state index in [1.807, 2.05) is 83.1 Å². The predicted molar refractivity (Wildman–Crippen MR) is 299 cm³/mol. The Morgan fingerprint density at radius 1 is 0.423 bits per heavy atom. The SMILES string of the molecule is CC(C)N[C@@H](CCCCN=CC(O)C(O)C(O)C(O)CO)C(=O)C(C)C.CC(C)N[C@@H](CCCCNCC(=O)C(O)C(O)C(O)CO)C(=O)C(C)C.CC(C)N[C@@H](CCCCNCC(O)C(O)C(O)C(O)CO)C(=O)C(C)C. The number of aliphatic imine (C=N–C) groups is 1. The Kier molecular flexibility index (Phi) is 47.2. The van der Waals surface area contributed by atoms with Crippen molar-refractivity contribution in [1.82, 2.24) is 26.6 Å². The summed E-state index contributed by atoms with van der Waals surface area (Å²) >= 11 is 0. The highest BCUT2D eigenvalue weighted by Gasteiger charge is 2.32. The number of rotatable bonds is 44. The Morgan fingerprint density at radius 3 is 1.12 bits per heavy atom. The highest BCUT2D eigenvalue weighted by atomic mass is 16.4. The standard InChI is InChI=1S/C18H38N2O6.2C18H36N2O6/c3*1-11(2)16(24)13(20-12(3)4)7-5-6-8-19-9-14(22)17(25)18(26)15(23)10-21/h11-15,17-23,25-26H,5-10H2,1-4H3;11-13,15,17-21,23,25-26H,5-10H2,1-4H3;9,11-15,17-18,20-23,25-26H,5-8,10H2,1-4H3/t13-,14?,15?,17?,18?;13-,15?,17?,18?;13-,14?,15?,17?,18?/m000/s1. The van der Waals surface area contributed by atoms with Crippen LogP contribution in [0, 0.1) is 17.8 Å². The number of unbranched alkanes of at least 4 members (excludes halogenated alkanes) is 3. The van der Waals surface area contributed by atoms with Gasteiger partial charge in [-0.2, -0.15) is 0 Å². The molecule has 0 bridgehead atoms. The lowest BCUT2D eigenvalue weighted by Gasteiger charge is -2.25. The van der Waals surface area contributed by atoms with Crippen molar-refractivity contribution in [3.05, 3.63) is 0 Å². The third kappa shape index (κ3) is 36.8. The maximum atomic E-state index is 12.2. The fourth-order valence-electron chi connectivity index (χ4n) is 7.65. The van der Waals surface area contributed by atoms with E-state index in [9.17, 15) is 75.3 Å². The molecule has 14 atom stereocenters. The van der Waals surface area contributed by atoms with E-state index in [0.29, 0.717) is 32.5 Å². The van der Waals surface area contributed by atoms with Gasteiger partial charge in [-0.05, 0) is 58.0 Å². The van der Waals surface area contributed by atoms with Crippen LogP contribution in [0.2, 0.25) is 0 Å². The lowest BCUT2D eigenvalue weighted by atomic mass is 9.96. The van der Waals surface area contributed by atoms with E-state index in [1.54, 1.807) is 0 Å². The van der Waals surface area contributed by atoms with Crippen molar-refractivity contribution >= 4 is 29.3 Å². The summed E-state index contributed by atoms with van der Waals surface area (Å²) in [7, 11) is 0. The van der Waals surface area contributed by atoms with Crippen molar-refractivity contribution in [3.63, 3.8) is 0 Å². The molecule has 78 heavy (non-hydrogen) atoms. The highest BCUT2D eigenvalue weighted by Crippen LogP contribution is 2.13. The highest BCUT2D eigenvalue weighted by molar-refractivity contribution is 5.87. The molecule has 0 aromatic rings. The number of Topliss-reactive ketones (excluding diaryl/α,β-unsaturated/α-hetero) is 4. The number of carbonyl (C=O) groups excluding carboxylic acids is 4. The molecule has 0 radical (unpaired) electrons. The molecule has 0 aromatic carbocycles. The molecule has 24 heteroatoms. The lowest BCUT2D eigenvalue weighted by molar-refractivity contribution is -0.139. The molecule has 0 saturated carbocycles. The van der Waals surface area contributed by atoms with Gasteiger partial charge in [0.25, 0.3) is 0 Å². The second-order valence-corrected chi connectivity index (χ2v) is 21.9. The third-order valence-corrected chi connectivity index (χ3v) is 12.3. The van der Waals surface area contributed by atoms with Crippen molar-refractivity contribution in [2.45, 2.75) is 244 Å². The topological polar surface area (TPSA) is 424 Å². The molecule has 0 aromatic heterocycles. The molecule has 0 aliphatic carbocycles. The molecule has 0 aliphatic heterocycles. The minimum atomic E-state index is -1.74. The second-order valence-electron chi connectivity index (χ2n) is 21.9. The molecule has 0 spiro atoms. The summed E-state index contributed by atoms with van der Waals surface area (Å²) in [5, 5.41) is 147. The number of nitrogens with zero attached hydrogens (tertiary/aromatic N) is 1.